The zero-order valence-electron chi connectivity index (χ0n) is 13.1. The molecule has 0 amide bonds. The summed E-state index contributed by atoms with van der Waals surface area (Å²) in [4.78, 5) is 0. The molecule has 0 aliphatic heterocycles. The lowest BCUT2D eigenvalue weighted by Gasteiger charge is -2.29. The molecule has 0 heterocycles. The third-order valence-corrected chi connectivity index (χ3v) is 4.22. The molecule has 0 atom stereocenters. The smallest absolute Gasteiger partial charge is 0.0499 e. The highest BCUT2D eigenvalue weighted by Gasteiger charge is 2.24. The zero-order valence-corrected chi connectivity index (χ0v) is 13.1. The largest absolute Gasteiger partial charge is 0.396 e. The van der Waals surface area contributed by atoms with Gasteiger partial charge in [0.2, 0.25) is 0 Å². The molecule has 110 valence electrons. The lowest BCUT2D eigenvalue weighted by Crippen LogP contribution is -2.36. The second-order valence-electron chi connectivity index (χ2n) is 6.14. The molecule has 0 unspecified atom stereocenters. The van der Waals surface area contributed by atoms with Crippen LogP contribution in [0.4, 0.5) is 0 Å². The maximum absolute atomic E-state index is 9.46. The van der Waals surface area contributed by atoms with Crippen molar-refractivity contribution in [2.45, 2.75) is 72.6 Å². The van der Waals surface area contributed by atoms with Gasteiger partial charge in [-0.2, -0.15) is 0 Å². The summed E-state index contributed by atoms with van der Waals surface area (Å²) in [6.07, 6.45) is 8.83. The summed E-state index contributed by atoms with van der Waals surface area (Å²) in [6, 6.07) is 0. The first kappa shape index (κ1) is 17.9. The van der Waals surface area contributed by atoms with Crippen molar-refractivity contribution in [2.75, 3.05) is 19.7 Å². The first-order valence-electron chi connectivity index (χ1n) is 7.91. The number of hydrogen-bond acceptors (Lipinski definition) is 2. The highest BCUT2D eigenvalue weighted by atomic mass is 16.3. The van der Waals surface area contributed by atoms with E-state index in [0.29, 0.717) is 6.61 Å². The van der Waals surface area contributed by atoms with E-state index in [1.807, 2.05) is 0 Å². The second-order valence-corrected chi connectivity index (χ2v) is 6.14. The van der Waals surface area contributed by atoms with Gasteiger partial charge in [0.1, 0.15) is 0 Å². The van der Waals surface area contributed by atoms with Gasteiger partial charge in [0, 0.05) is 18.6 Å². The Labute approximate surface area is 115 Å². The van der Waals surface area contributed by atoms with E-state index in [0.717, 1.165) is 31.8 Å². The van der Waals surface area contributed by atoms with Gasteiger partial charge >= 0.3 is 0 Å². The van der Waals surface area contributed by atoms with Crippen LogP contribution in [0.3, 0.4) is 0 Å². The Balaban J connectivity index is 3.44. The number of aliphatic hydroxyl groups is 1. The molecule has 0 spiro atoms. The molecule has 0 saturated carbocycles. The molecule has 2 nitrogen and oxygen atoms in total. The van der Waals surface area contributed by atoms with Gasteiger partial charge in [0.25, 0.3) is 0 Å². The quantitative estimate of drug-likeness (QED) is 0.518. The summed E-state index contributed by atoms with van der Waals surface area (Å²) in [6.45, 7) is 11.3. The lowest BCUT2D eigenvalue weighted by molar-refractivity contribution is 0.113. The third kappa shape index (κ3) is 8.10. The van der Waals surface area contributed by atoms with Crippen LogP contribution in [0.1, 0.15) is 72.6 Å². The van der Waals surface area contributed by atoms with Gasteiger partial charge < -0.3 is 10.4 Å². The highest BCUT2D eigenvalue weighted by molar-refractivity contribution is 4.77. The van der Waals surface area contributed by atoms with E-state index in [1.165, 1.54) is 32.1 Å². The van der Waals surface area contributed by atoms with Gasteiger partial charge in [-0.3, -0.25) is 0 Å². The summed E-state index contributed by atoms with van der Waals surface area (Å²) >= 11 is 0. The first-order valence-corrected chi connectivity index (χ1v) is 7.91. The van der Waals surface area contributed by atoms with Gasteiger partial charge in [-0.05, 0) is 31.7 Å². The minimum absolute atomic E-state index is 0.109. The SMILES string of the molecule is CCC(CC)(CO)CNCCCCCCC(C)C. The van der Waals surface area contributed by atoms with Crippen LogP contribution in [0.25, 0.3) is 0 Å². The number of aliphatic hydroxyl groups excluding tert-OH is 1. The Morgan fingerprint density at radius 2 is 1.61 bits per heavy atom. The minimum atomic E-state index is 0.109. The van der Waals surface area contributed by atoms with E-state index in [1.54, 1.807) is 0 Å². The average Bonchev–Trinajstić information content (AvgIpc) is 2.38. The molecular weight excluding hydrogens is 222 g/mol. The number of rotatable bonds is 12. The number of hydrogen-bond donors (Lipinski definition) is 2. The third-order valence-electron chi connectivity index (χ3n) is 4.22. The monoisotopic (exact) mass is 257 g/mol. The maximum atomic E-state index is 9.46. The van der Waals surface area contributed by atoms with Crippen molar-refractivity contribution in [1.29, 1.82) is 0 Å². The summed E-state index contributed by atoms with van der Waals surface area (Å²) in [7, 11) is 0. The summed E-state index contributed by atoms with van der Waals surface area (Å²) < 4.78 is 0. The Hall–Kier alpha value is -0.0800. The fourth-order valence-corrected chi connectivity index (χ4v) is 2.29. The molecule has 2 N–H and O–H groups in total. The zero-order chi connectivity index (χ0) is 13.9. The Kier molecular flexibility index (Phi) is 10.8. The van der Waals surface area contributed by atoms with Crippen molar-refractivity contribution in [3.8, 4) is 0 Å². The average molecular weight is 257 g/mol. The molecule has 0 fully saturated rings. The fourth-order valence-electron chi connectivity index (χ4n) is 2.29. The van der Waals surface area contributed by atoms with Crippen molar-refractivity contribution < 1.29 is 5.11 Å². The van der Waals surface area contributed by atoms with Crippen molar-refractivity contribution >= 4 is 0 Å². The van der Waals surface area contributed by atoms with Gasteiger partial charge in [-0.1, -0.05) is 53.4 Å². The van der Waals surface area contributed by atoms with Crippen molar-refractivity contribution in [3.05, 3.63) is 0 Å². The van der Waals surface area contributed by atoms with Crippen LogP contribution in [-0.4, -0.2) is 24.8 Å². The van der Waals surface area contributed by atoms with Crippen molar-refractivity contribution in [1.82, 2.24) is 5.32 Å². The standard InChI is InChI=1S/C16H35NO/c1-5-16(6-2,14-18)13-17-12-10-8-7-9-11-15(3)4/h15,17-18H,5-14H2,1-4H3. The van der Waals surface area contributed by atoms with Crippen LogP contribution in [0.2, 0.25) is 0 Å². The normalized spacial score (nSPS) is 12.3. The van der Waals surface area contributed by atoms with Crippen LogP contribution in [0, 0.1) is 11.3 Å². The molecular formula is C16H35NO. The van der Waals surface area contributed by atoms with E-state index in [9.17, 15) is 5.11 Å². The maximum Gasteiger partial charge on any atom is 0.0499 e. The van der Waals surface area contributed by atoms with Crippen LogP contribution < -0.4 is 5.32 Å². The summed E-state index contributed by atoms with van der Waals surface area (Å²) in [5.74, 6) is 0.849. The van der Waals surface area contributed by atoms with Gasteiger partial charge in [0.05, 0.1) is 0 Å². The van der Waals surface area contributed by atoms with Crippen molar-refractivity contribution in [2.24, 2.45) is 11.3 Å². The van der Waals surface area contributed by atoms with Gasteiger partial charge in [0.15, 0.2) is 0 Å². The molecule has 0 saturated heterocycles. The summed E-state index contributed by atoms with van der Waals surface area (Å²) in [5, 5.41) is 13.0. The van der Waals surface area contributed by atoms with E-state index < -0.39 is 0 Å². The molecule has 0 aliphatic carbocycles. The highest BCUT2D eigenvalue weighted by Crippen LogP contribution is 2.24. The van der Waals surface area contributed by atoms with Crippen LogP contribution in [-0.2, 0) is 0 Å². The Bertz CT molecular complexity index is 168. The molecule has 0 radical (unpaired) electrons. The molecule has 0 aliphatic rings. The first-order chi connectivity index (χ1) is 8.60. The number of unbranched alkanes of at least 4 members (excludes halogenated alkanes) is 3. The second kappa shape index (κ2) is 10.8. The molecule has 18 heavy (non-hydrogen) atoms. The van der Waals surface area contributed by atoms with Gasteiger partial charge in [-0.25, -0.2) is 0 Å². The van der Waals surface area contributed by atoms with Crippen LogP contribution in [0.5, 0.6) is 0 Å². The van der Waals surface area contributed by atoms with E-state index in [2.05, 4.69) is 33.0 Å². The number of nitrogens with one attached hydrogen (secondary N) is 1. The Morgan fingerprint density at radius 1 is 1.00 bits per heavy atom. The molecule has 0 aromatic heterocycles. The van der Waals surface area contributed by atoms with Gasteiger partial charge in [-0.15, -0.1) is 0 Å². The van der Waals surface area contributed by atoms with Crippen molar-refractivity contribution in [3.63, 3.8) is 0 Å². The summed E-state index contributed by atoms with van der Waals surface area (Å²) in [5.41, 5.74) is 0.109. The molecule has 0 aromatic carbocycles. The molecule has 0 aromatic rings. The van der Waals surface area contributed by atoms with E-state index >= 15 is 0 Å². The van der Waals surface area contributed by atoms with E-state index in [4.69, 9.17) is 0 Å². The molecule has 0 bridgehead atoms. The molecule has 2 heteroatoms. The minimum Gasteiger partial charge on any atom is -0.396 e. The fraction of sp³-hybridized carbons (Fsp3) is 1.00. The predicted molar refractivity (Wildman–Crippen MR) is 80.9 cm³/mol. The topological polar surface area (TPSA) is 32.3 Å². The Morgan fingerprint density at radius 3 is 2.11 bits per heavy atom. The van der Waals surface area contributed by atoms with E-state index in [-0.39, 0.29) is 5.41 Å². The molecule has 0 rings (SSSR count). The van der Waals surface area contributed by atoms with Crippen LogP contribution in [0.15, 0.2) is 0 Å². The van der Waals surface area contributed by atoms with Crippen LogP contribution >= 0.6 is 0 Å². The predicted octanol–water partition coefficient (Wildman–Crippen LogP) is 3.98. The lowest BCUT2D eigenvalue weighted by atomic mass is 9.83.